The van der Waals surface area contributed by atoms with Gasteiger partial charge in [0.15, 0.2) is 0 Å². The van der Waals surface area contributed by atoms with Gasteiger partial charge in [0.2, 0.25) is 0 Å². The minimum Gasteiger partial charge on any atom is -0.492 e. The van der Waals surface area contributed by atoms with Crippen molar-refractivity contribution >= 4 is 7.82 Å². The summed E-state index contributed by atoms with van der Waals surface area (Å²) in [4.78, 5) is 25.6. The molecule has 0 spiro atoms. The monoisotopic (exact) mass is 465 g/mol. The van der Waals surface area contributed by atoms with Crippen LogP contribution in [0.25, 0.3) is 5.69 Å². The van der Waals surface area contributed by atoms with E-state index in [1.54, 1.807) is 12.5 Å². The zero-order chi connectivity index (χ0) is 23.4. The fourth-order valence-electron chi connectivity index (χ4n) is 2.59. The fraction of sp³-hybridized carbons (Fsp3) is 0.286. The van der Waals surface area contributed by atoms with Gasteiger partial charge in [0.1, 0.15) is 30.8 Å². The Morgan fingerprint density at radius 1 is 1.09 bits per heavy atom. The standard InChI is InChI=1S/C21H25N3O3.H3O4P/c1-17-3-2-4-21(13-17)27-15-19(25)14-22-10-12-26-20-7-5-18(6-8-20)24-11-9-23-16-24;1-5(2,3)4/h2-9,11,13,16,19,22,25H,10,12,14-15H2,1H3;(H3,1,2,3,4). The predicted molar refractivity (Wildman–Crippen MR) is 119 cm³/mol. The number of aromatic nitrogens is 2. The van der Waals surface area contributed by atoms with Crippen molar-refractivity contribution in [1.82, 2.24) is 14.9 Å². The lowest BCUT2D eigenvalue weighted by atomic mass is 10.2. The van der Waals surface area contributed by atoms with E-state index < -0.39 is 13.9 Å². The summed E-state index contributed by atoms with van der Waals surface area (Å²) in [6.45, 7) is 3.89. The van der Waals surface area contributed by atoms with E-state index in [2.05, 4.69) is 10.3 Å². The van der Waals surface area contributed by atoms with Crippen LogP contribution in [0, 0.1) is 6.92 Å². The molecule has 1 unspecified atom stereocenters. The zero-order valence-electron chi connectivity index (χ0n) is 17.6. The van der Waals surface area contributed by atoms with Crippen LogP contribution in [-0.4, -0.2) is 61.7 Å². The summed E-state index contributed by atoms with van der Waals surface area (Å²) in [5.74, 6) is 1.58. The Morgan fingerprint density at radius 3 is 2.44 bits per heavy atom. The lowest BCUT2D eigenvalue weighted by Gasteiger charge is -2.14. The Kier molecular flexibility index (Phi) is 10.4. The van der Waals surface area contributed by atoms with E-state index in [1.807, 2.05) is 66.2 Å². The van der Waals surface area contributed by atoms with Gasteiger partial charge >= 0.3 is 7.82 Å². The van der Waals surface area contributed by atoms with Gasteiger partial charge in [-0.3, -0.25) is 0 Å². The van der Waals surface area contributed by atoms with Crippen molar-refractivity contribution in [3.8, 4) is 17.2 Å². The maximum Gasteiger partial charge on any atom is 0.466 e. The number of nitrogens with one attached hydrogen (secondary N) is 1. The number of nitrogens with zero attached hydrogens (tertiary/aromatic N) is 2. The quantitative estimate of drug-likeness (QED) is 0.223. The molecule has 1 aromatic heterocycles. The minimum absolute atomic E-state index is 0.257. The maximum atomic E-state index is 9.98. The smallest absolute Gasteiger partial charge is 0.466 e. The van der Waals surface area contributed by atoms with E-state index in [-0.39, 0.29) is 6.61 Å². The molecule has 0 fully saturated rings. The van der Waals surface area contributed by atoms with Crippen LogP contribution < -0.4 is 14.8 Å². The van der Waals surface area contributed by atoms with Crippen LogP contribution in [0.15, 0.2) is 67.3 Å². The van der Waals surface area contributed by atoms with Crippen molar-refractivity contribution in [1.29, 1.82) is 0 Å². The largest absolute Gasteiger partial charge is 0.492 e. The zero-order valence-corrected chi connectivity index (χ0v) is 18.5. The summed E-state index contributed by atoms with van der Waals surface area (Å²) < 4.78 is 22.1. The number of hydrogen-bond acceptors (Lipinski definition) is 6. The van der Waals surface area contributed by atoms with Gasteiger partial charge in [-0.2, -0.15) is 0 Å². The predicted octanol–water partition coefficient (Wildman–Crippen LogP) is 1.66. The molecule has 32 heavy (non-hydrogen) atoms. The van der Waals surface area contributed by atoms with Crippen molar-refractivity contribution in [2.24, 2.45) is 0 Å². The van der Waals surface area contributed by atoms with E-state index in [0.717, 1.165) is 22.7 Å². The van der Waals surface area contributed by atoms with E-state index in [0.29, 0.717) is 19.7 Å². The maximum absolute atomic E-state index is 9.98. The van der Waals surface area contributed by atoms with Gasteiger partial charge in [-0.15, -0.1) is 0 Å². The number of hydrogen-bond donors (Lipinski definition) is 5. The van der Waals surface area contributed by atoms with Crippen LogP contribution in [0.2, 0.25) is 0 Å². The second kappa shape index (κ2) is 13.0. The van der Waals surface area contributed by atoms with Crippen LogP contribution in [0.3, 0.4) is 0 Å². The number of phosphoric acid groups is 1. The van der Waals surface area contributed by atoms with Gasteiger partial charge in [0.05, 0.1) is 6.33 Å². The van der Waals surface area contributed by atoms with E-state index >= 15 is 0 Å². The van der Waals surface area contributed by atoms with Gasteiger partial charge in [-0.25, -0.2) is 9.55 Å². The normalized spacial score (nSPS) is 11.9. The van der Waals surface area contributed by atoms with Gasteiger partial charge in [-0.05, 0) is 48.9 Å². The summed E-state index contributed by atoms with van der Waals surface area (Å²) >= 11 is 0. The molecule has 0 saturated carbocycles. The molecule has 11 heteroatoms. The second-order valence-corrected chi connectivity index (χ2v) is 7.84. The molecule has 0 bridgehead atoms. The van der Waals surface area contributed by atoms with Gasteiger partial charge in [0, 0.05) is 31.2 Å². The van der Waals surface area contributed by atoms with E-state index in [1.165, 1.54) is 0 Å². The Hall–Kier alpha value is -2.72. The first-order valence-electron chi connectivity index (χ1n) is 9.78. The topological polar surface area (TPSA) is 146 Å². The highest BCUT2D eigenvalue weighted by molar-refractivity contribution is 7.45. The van der Waals surface area contributed by atoms with Gasteiger partial charge in [-0.1, -0.05) is 12.1 Å². The lowest BCUT2D eigenvalue weighted by Crippen LogP contribution is -2.33. The molecule has 10 nitrogen and oxygen atoms in total. The Morgan fingerprint density at radius 2 is 1.81 bits per heavy atom. The molecule has 0 saturated heterocycles. The van der Waals surface area contributed by atoms with Crippen LogP contribution in [-0.2, 0) is 4.57 Å². The van der Waals surface area contributed by atoms with Crippen molar-refractivity contribution in [3.05, 3.63) is 72.8 Å². The number of aliphatic hydroxyl groups excluding tert-OH is 1. The number of imidazole rings is 1. The summed E-state index contributed by atoms with van der Waals surface area (Å²) in [6.07, 6.45) is 4.83. The van der Waals surface area contributed by atoms with Crippen LogP contribution >= 0.6 is 7.82 Å². The number of aryl methyl sites for hydroxylation is 1. The van der Waals surface area contributed by atoms with Crippen molar-refractivity contribution in [3.63, 3.8) is 0 Å². The highest BCUT2D eigenvalue weighted by atomic mass is 31.2. The van der Waals surface area contributed by atoms with Crippen LogP contribution in [0.1, 0.15) is 5.56 Å². The number of rotatable bonds is 10. The molecule has 0 aliphatic rings. The Bertz CT molecular complexity index is 954. The molecule has 0 amide bonds. The number of benzene rings is 2. The third-order valence-electron chi connectivity index (χ3n) is 4.00. The molecule has 5 N–H and O–H groups in total. The third-order valence-corrected chi connectivity index (χ3v) is 4.00. The van der Waals surface area contributed by atoms with Gasteiger partial charge < -0.3 is 39.1 Å². The Balaban J connectivity index is 0.000000654. The average molecular weight is 465 g/mol. The van der Waals surface area contributed by atoms with Crippen molar-refractivity contribution < 1.29 is 33.8 Å². The van der Waals surface area contributed by atoms with E-state index in [4.69, 9.17) is 28.7 Å². The lowest BCUT2D eigenvalue weighted by molar-refractivity contribution is 0.105. The number of aliphatic hydroxyl groups is 1. The number of ether oxygens (including phenoxy) is 2. The molecular formula is C21H28N3O7P. The molecule has 3 aromatic rings. The van der Waals surface area contributed by atoms with E-state index in [9.17, 15) is 5.11 Å². The first-order chi connectivity index (χ1) is 15.2. The first-order valence-corrected chi connectivity index (χ1v) is 11.3. The summed E-state index contributed by atoms with van der Waals surface area (Å²) in [6, 6.07) is 15.6. The third kappa shape index (κ3) is 11.1. The summed E-state index contributed by atoms with van der Waals surface area (Å²) in [7, 11) is -4.64. The van der Waals surface area contributed by atoms with Crippen molar-refractivity contribution in [2.75, 3.05) is 26.3 Å². The van der Waals surface area contributed by atoms with Gasteiger partial charge in [0.25, 0.3) is 0 Å². The highest BCUT2D eigenvalue weighted by Gasteiger charge is 2.05. The average Bonchev–Trinajstić information content (AvgIpc) is 3.26. The molecule has 0 radical (unpaired) electrons. The summed E-state index contributed by atoms with van der Waals surface area (Å²) in [5, 5.41) is 13.2. The Labute approximate surface area is 186 Å². The van der Waals surface area contributed by atoms with Crippen LogP contribution in [0.4, 0.5) is 0 Å². The molecule has 1 atom stereocenters. The molecule has 174 valence electrons. The minimum atomic E-state index is -4.64. The first kappa shape index (κ1) is 25.5. The molecule has 0 aliphatic heterocycles. The molecule has 0 aliphatic carbocycles. The molecule has 3 rings (SSSR count). The molecular weight excluding hydrogens is 437 g/mol. The van der Waals surface area contributed by atoms with Crippen LogP contribution in [0.5, 0.6) is 11.5 Å². The SMILES string of the molecule is Cc1cccc(OCC(O)CNCCOc2ccc(-n3ccnc3)cc2)c1.O=P(O)(O)O. The fourth-order valence-corrected chi connectivity index (χ4v) is 2.59. The molecule has 1 heterocycles. The summed E-state index contributed by atoms with van der Waals surface area (Å²) in [5.41, 5.74) is 2.17. The molecule has 2 aromatic carbocycles. The van der Waals surface area contributed by atoms with Crippen molar-refractivity contribution in [2.45, 2.75) is 13.0 Å². The second-order valence-electron chi connectivity index (χ2n) is 6.81. The highest BCUT2D eigenvalue weighted by Crippen LogP contribution is 2.25.